The molecule has 3 nitrogen and oxygen atoms in total. The van der Waals surface area contributed by atoms with Gasteiger partial charge in [0.15, 0.2) is 0 Å². The van der Waals surface area contributed by atoms with Crippen LogP contribution in [0.1, 0.15) is 78.1 Å². The molecule has 0 atom stereocenters. The first-order chi connectivity index (χ1) is 10.3. The van der Waals surface area contributed by atoms with Gasteiger partial charge in [0.05, 0.1) is 6.61 Å². The van der Waals surface area contributed by atoms with Crippen molar-refractivity contribution < 1.29 is 9.57 Å². The van der Waals surface area contributed by atoms with Gasteiger partial charge in [-0.15, -0.1) is 0 Å². The summed E-state index contributed by atoms with van der Waals surface area (Å²) in [5, 5.41) is 2.02. The number of unbranched alkanes of at least 4 members (excludes halogenated alkanes) is 7. The highest BCUT2D eigenvalue weighted by atomic mass is 16.7. The number of hydroxylamine groups is 2. The first kappa shape index (κ1) is 18.9. The molecule has 0 aliphatic carbocycles. The first-order valence-electron chi connectivity index (χ1n) is 9.24. The van der Waals surface area contributed by atoms with E-state index in [9.17, 15) is 0 Å². The molecule has 0 saturated carbocycles. The maximum absolute atomic E-state index is 5.65. The van der Waals surface area contributed by atoms with Crippen LogP contribution < -0.4 is 0 Å². The lowest BCUT2D eigenvalue weighted by atomic mass is 10.0. The molecule has 0 amide bonds. The summed E-state index contributed by atoms with van der Waals surface area (Å²) in [6.45, 7) is 9.49. The summed E-state index contributed by atoms with van der Waals surface area (Å²) >= 11 is 0. The molecular formula is C18H37NO2. The third kappa shape index (κ3) is 12.1. The smallest absolute Gasteiger partial charge is 0.0835 e. The Morgan fingerprint density at radius 1 is 0.857 bits per heavy atom. The molecule has 0 aromatic rings. The second-order valence-electron chi connectivity index (χ2n) is 6.74. The Morgan fingerprint density at radius 2 is 1.43 bits per heavy atom. The predicted octanol–water partition coefficient (Wildman–Crippen LogP) is 4.81. The highest BCUT2D eigenvalue weighted by Crippen LogP contribution is 2.12. The molecule has 1 fully saturated rings. The largest absolute Gasteiger partial charge is 0.381 e. The summed E-state index contributed by atoms with van der Waals surface area (Å²) in [4.78, 5) is 5.23. The first-order valence-corrected chi connectivity index (χ1v) is 9.24. The predicted molar refractivity (Wildman–Crippen MR) is 89.4 cm³/mol. The van der Waals surface area contributed by atoms with Gasteiger partial charge in [-0.25, -0.2) is 0 Å². The summed E-state index contributed by atoms with van der Waals surface area (Å²) in [6, 6.07) is 0. The fourth-order valence-electron chi connectivity index (χ4n) is 2.66. The third-order valence-electron chi connectivity index (χ3n) is 4.13. The Kier molecular flexibility index (Phi) is 12.2. The van der Waals surface area contributed by atoms with Crippen molar-refractivity contribution in [2.24, 2.45) is 5.92 Å². The van der Waals surface area contributed by atoms with Crippen LogP contribution in [0.25, 0.3) is 0 Å². The number of hydrogen-bond donors (Lipinski definition) is 0. The molecule has 0 aromatic carbocycles. The minimum absolute atomic E-state index is 0.878. The molecule has 21 heavy (non-hydrogen) atoms. The van der Waals surface area contributed by atoms with Crippen molar-refractivity contribution >= 4 is 0 Å². The molecule has 0 radical (unpaired) electrons. The molecule has 0 aromatic heterocycles. The minimum atomic E-state index is 0.878. The van der Waals surface area contributed by atoms with Gasteiger partial charge in [0.2, 0.25) is 0 Å². The molecule has 1 aliphatic rings. The number of nitrogens with zero attached hydrogens (tertiary/aromatic N) is 1. The quantitative estimate of drug-likeness (QED) is 0.405. The van der Waals surface area contributed by atoms with Gasteiger partial charge in [-0.3, -0.25) is 4.84 Å². The Labute approximate surface area is 132 Å². The maximum Gasteiger partial charge on any atom is 0.0835 e. The normalized spacial score (nSPS) is 15.6. The zero-order valence-electron chi connectivity index (χ0n) is 14.4. The van der Waals surface area contributed by atoms with E-state index in [1.54, 1.807) is 0 Å². The number of rotatable bonds is 15. The average Bonchev–Trinajstić information content (AvgIpc) is 2.40. The van der Waals surface area contributed by atoms with Gasteiger partial charge in [-0.05, 0) is 18.8 Å². The highest BCUT2D eigenvalue weighted by Gasteiger charge is 2.13. The van der Waals surface area contributed by atoms with E-state index in [0.29, 0.717) is 0 Å². The van der Waals surface area contributed by atoms with Crippen molar-refractivity contribution in [3.05, 3.63) is 0 Å². The Balaban J connectivity index is 1.63. The second-order valence-corrected chi connectivity index (χ2v) is 6.74. The summed E-state index contributed by atoms with van der Waals surface area (Å²) in [5.74, 6) is 0.878. The van der Waals surface area contributed by atoms with Crippen LogP contribution in [0.3, 0.4) is 0 Å². The lowest BCUT2D eigenvalue weighted by Crippen LogP contribution is -2.40. The standard InChI is InChI=1S/C18H37NO2/c1-18(2)12-9-7-5-3-4-6-8-10-15-20-16-11-13-19-14-17-21-19/h18H,3-17H2,1-2H3. The van der Waals surface area contributed by atoms with Gasteiger partial charge < -0.3 is 4.74 Å². The van der Waals surface area contributed by atoms with E-state index in [0.717, 1.165) is 45.2 Å². The van der Waals surface area contributed by atoms with E-state index in [-0.39, 0.29) is 0 Å². The SMILES string of the molecule is CC(C)CCCCCCCCCCOCCCN1CCO1. The van der Waals surface area contributed by atoms with E-state index in [4.69, 9.17) is 9.57 Å². The molecule has 1 heterocycles. The van der Waals surface area contributed by atoms with Gasteiger partial charge in [-0.1, -0.05) is 65.2 Å². The summed E-state index contributed by atoms with van der Waals surface area (Å²) < 4.78 is 5.65. The Morgan fingerprint density at radius 3 is 2.00 bits per heavy atom. The molecule has 1 rings (SSSR count). The molecule has 0 unspecified atom stereocenters. The molecule has 3 heteroatoms. The monoisotopic (exact) mass is 299 g/mol. The minimum Gasteiger partial charge on any atom is -0.381 e. The van der Waals surface area contributed by atoms with Crippen molar-refractivity contribution in [1.82, 2.24) is 5.06 Å². The molecule has 126 valence electrons. The average molecular weight is 299 g/mol. The molecular weight excluding hydrogens is 262 g/mol. The van der Waals surface area contributed by atoms with E-state index < -0.39 is 0 Å². The summed E-state index contributed by atoms with van der Waals surface area (Å²) in [5.41, 5.74) is 0. The van der Waals surface area contributed by atoms with Gasteiger partial charge in [0.1, 0.15) is 0 Å². The van der Waals surface area contributed by atoms with Crippen LogP contribution >= 0.6 is 0 Å². The summed E-state index contributed by atoms with van der Waals surface area (Å²) in [7, 11) is 0. The van der Waals surface area contributed by atoms with E-state index in [1.165, 1.54) is 57.8 Å². The van der Waals surface area contributed by atoms with Gasteiger partial charge in [0.25, 0.3) is 0 Å². The zero-order valence-corrected chi connectivity index (χ0v) is 14.4. The van der Waals surface area contributed by atoms with Gasteiger partial charge in [-0.2, -0.15) is 5.06 Å². The van der Waals surface area contributed by atoms with Crippen LogP contribution in [0.5, 0.6) is 0 Å². The van der Waals surface area contributed by atoms with Crippen molar-refractivity contribution in [1.29, 1.82) is 0 Å². The lowest BCUT2D eigenvalue weighted by Gasteiger charge is -2.29. The topological polar surface area (TPSA) is 21.7 Å². The van der Waals surface area contributed by atoms with Crippen LogP contribution in [0.2, 0.25) is 0 Å². The van der Waals surface area contributed by atoms with Crippen molar-refractivity contribution in [2.75, 3.05) is 32.9 Å². The molecule has 1 saturated heterocycles. The molecule has 0 bridgehead atoms. The lowest BCUT2D eigenvalue weighted by molar-refractivity contribution is -0.247. The highest BCUT2D eigenvalue weighted by molar-refractivity contribution is 4.53. The maximum atomic E-state index is 5.65. The third-order valence-corrected chi connectivity index (χ3v) is 4.13. The van der Waals surface area contributed by atoms with Crippen LogP contribution in [0, 0.1) is 5.92 Å². The van der Waals surface area contributed by atoms with E-state index in [1.807, 2.05) is 5.06 Å². The van der Waals surface area contributed by atoms with Crippen LogP contribution in [-0.2, 0) is 9.57 Å². The van der Waals surface area contributed by atoms with E-state index >= 15 is 0 Å². The Bertz CT molecular complexity index is 217. The summed E-state index contributed by atoms with van der Waals surface area (Å²) in [6.07, 6.45) is 13.6. The fraction of sp³-hybridized carbons (Fsp3) is 1.00. The van der Waals surface area contributed by atoms with Crippen LogP contribution in [-0.4, -0.2) is 38.0 Å². The number of ether oxygens (including phenoxy) is 1. The zero-order chi connectivity index (χ0) is 15.2. The number of hydrogen-bond acceptors (Lipinski definition) is 3. The van der Waals surface area contributed by atoms with Crippen molar-refractivity contribution in [3.63, 3.8) is 0 Å². The molecule has 1 aliphatic heterocycles. The van der Waals surface area contributed by atoms with Crippen LogP contribution in [0.15, 0.2) is 0 Å². The van der Waals surface area contributed by atoms with Crippen LogP contribution in [0.4, 0.5) is 0 Å². The van der Waals surface area contributed by atoms with Crippen molar-refractivity contribution in [2.45, 2.75) is 78.1 Å². The molecule has 0 N–H and O–H groups in total. The Hall–Kier alpha value is -0.120. The van der Waals surface area contributed by atoms with Gasteiger partial charge in [0, 0.05) is 26.3 Å². The fourth-order valence-corrected chi connectivity index (χ4v) is 2.66. The second kappa shape index (κ2) is 13.5. The van der Waals surface area contributed by atoms with E-state index in [2.05, 4.69) is 13.8 Å². The molecule has 0 spiro atoms. The van der Waals surface area contributed by atoms with Crippen molar-refractivity contribution in [3.8, 4) is 0 Å². The van der Waals surface area contributed by atoms with Gasteiger partial charge >= 0.3 is 0 Å².